The van der Waals surface area contributed by atoms with Gasteiger partial charge in [-0.05, 0) is 36.8 Å². The molecule has 0 spiro atoms. The second-order valence-corrected chi connectivity index (χ2v) is 10.1. The second-order valence-electron chi connectivity index (χ2n) is 10.1. The summed E-state index contributed by atoms with van der Waals surface area (Å²) in [5, 5.41) is 0. The molecule has 1 atom stereocenters. The zero-order valence-corrected chi connectivity index (χ0v) is 23.1. The molecule has 10 heteroatoms. The molecule has 1 aromatic heterocycles. The van der Waals surface area contributed by atoms with Crippen LogP contribution in [0.2, 0.25) is 0 Å². The van der Waals surface area contributed by atoms with Gasteiger partial charge in [0.1, 0.15) is 23.1 Å². The number of methoxy groups -OCH3 is 1. The van der Waals surface area contributed by atoms with Gasteiger partial charge in [-0.25, -0.2) is 13.6 Å². The Morgan fingerprint density at radius 1 is 0.854 bits per heavy atom. The first-order valence-electron chi connectivity index (χ1n) is 13.5. The fourth-order valence-electron chi connectivity index (χ4n) is 5.34. The predicted octanol–water partition coefficient (Wildman–Crippen LogP) is 3.68. The lowest BCUT2D eigenvalue weighted by molar-refractivity contribution is 0.414. The van der Waals surface area contributed by atoms with E-state index >= 15 is 0 Å². The Morgan fingerprint density at radius 2 is 1.49 bits per heavy atom. The first-order valence-corrected chi connectivity index (χ1v) is 13.5. The van der Waals surface area contributed by atoms with Crippen molar-refractivity contribution in [1.82, 2.24) is 9.13 Å². The van der Waals surface area contributed by atoms with Gasteiger partial charge in [0.25, 0.3) is 5.56 Å². The fraction of sp³-hybridized carbons (Fsp3) is 0.290. The third-order valence-corrected chi connectivity index (χ3v) is 7.66. The van der Waals surface area contributed by atoms with Crippen LogP contribution >= 0.6 is 0 Å². The fourth-order valence-corrected chi connectivity index (χ4v) is 5.34. The van der Waals surface area contributed by atoms with Crippen LogP contribution in [-0.4, -0.2) is 42.4 Å². The number of ether oxygens (including phenoxy) is 1. The van der Waals surface area contributed by atoms with Crippen LogP contribution in [0, 0.1) is 18.6 Å². The summed E-state index contributed by atoms with van der Waals surface area (Å²) in [5.74, 6) is -0.766. The van der Waals surface area contributed by atoms with Crippen molar-refractivity contribution in [2.24, 2.45) is 5.73 Å². The average Bonchev–Trinajstić information content (AvgIpc) is 2.99. The number of anilines is 2. The van der Waals surface area contributed by atoms with Crippen molar-refractivity contribution in [3.63, 3.8) is 0 Å². The van der Waals surface area contributed by atoms with E-state index in [9.17, 15) is 18.4 Å². The Labute approximate surface area is 236 Å². The van der Waals surface area contributed by atoms with Crippen molar-refractivity contribution in [1.29, 1.82) is 0 Å². The minimum Gasteiger partial charge on any atom is -0.497 e. The lowest BCUT2D eigenvalue weighted by atomic mass is 10.1. The Balaban J connectivity index is 1.53. The molecule has 0 saturated carbocycles. The monoisotopic (exact) mass is 561 g/mol. The molecule has 5 rings (SSSR count). The number of halogens is 2. The van der Waals surface area contributed by atoms with E-state index < -0.39 is 28.9 Å². The summed E-state index contributed by atoms with van der Waals surface area (Å²) in [4.78, 5) is 31.8. The molecule has 0 bridgehead atoms. The van der Waals surface area contributed by atoms with E-state index in [1.807, 2.05) is 59.5 Å². The summed E-state index contributed by atoms with van der Waals surface area (Å²) >= 11 is 0. The number of hydrogen-bond donors (Lipinski definition) is 1. The van der Waals surface area contributed by atoms with Crippen molar-refractivity contribution in [3.05, 3.63) is 122 Å². The molecule has 1 fully saturated rings. The maximum absolute atomic E-state index is 14.7. The Bertz CT molecular complexity index is 1630. The van der Waals surface area contributed by atoms with Crippen LogP contribution < -0.4 is 31.5 Å². The lowest BCUT2D eigenvalue weighted by Gasteiger charge is -2.38. The molecular formula is C31H33F2N5O3. The summed E-state index contributed by atoms with van der Waals surface area (Å²) in [6, 6.07) is 19.9. The van der Waals surface area contributed by atoms with E-state index in [1.54, 1.807) is 14.0 Å². The SMILES string of the molecule is COc1cccc(N2CCN(c3c(C)n(Cc4c(F)cccc4F)c(=O)n(CC(N)c4ccccc4)c3=O)CC2)c1. The standard InChI is InChI=1S/C31H33F2N5O3/c1-21-29(36-16-14-35(15-17-36)23-10-6-11-24(18-23)41-2)30(39)38(20-28(34)22-8-4-3-5-9-22)31(40)37(21)19-25-26(32)12-7-13-27(25)33/h3-13,18,28H,14-17,19-20,34H2,1-2H3. The molecule has 0 aliphatic carbocycles. The van der Waals surface area contributed by atoms with E-state index in [0.29, 0.717) is 37.6 Å². The van der Waals surface area contributed by atoms with Crippen LogP contribution in [0.1, 0.15) is 22.9 Å². The van der Waals surface area contributed by atoms with Crippen LogP contribution in [0.25, 0.3) is 0 Å². The molecular weight excluding hydrogens is 528 g/mol. The molecule has 2 N–H and O–H groups in total. The lowest BCUT2D eigenvalue weighted by Crippen LogP contribution is -2.51. The number of nitrogens with two attached hydrogens (primary N) is 1. The number of benzene rings is 3. The van der Waals surface area contributed by atoms with Crippen LogP contribution in [-0.2, 0) is 13.1 Å². The zero-order valence-electron chi connectivity index (χ0n) is 23.1. The topological polar surface area (TPSA) is 85.7 Å². The van der Waals surface area contributed by atoms with Gasteiger partial charge in [0.2, 0.25) is 0 Å². The molecule has 1 aliphatic heterocycles. The summed E-state index contributed by atoms with van der Waals surface area (Å²) in [7, 11) is 1.62. The quantitative estimate of drug-likeness (QED) is 0.353. The molecule has 1 unspecified atom stereocenters. The van der Waals surface area contributed by atoms with Crippen LogP contribution in [0.5, 0.6) is 5.75 Å². The highest BCUT2D eigenvalue weighted by molar-refractivity contribution is 5.55. The highest BCUT2D eigenvalue weighted by Crippen LogP contribution is 2.25. The minimum absolute atomic E-state index is 0.0848. The molecule has 1 aliphatic rings. The Morgan fingerprint density at radius 3 is 2.15 bits per heavy atom. The first kappa shape index (κ1) is 28.1. The maximum Gasteiger partial charge on any atom is 0.331 e. The third-order valence-electron chi connectivity index (χ3n) is 7.66. The minimum atomic E-state index is -0.761. The van der Waals surface area contributed by atoms with Gasteiger partial charge in [0, 0.05) is 55.2 Å². The molecule has 0 radical (unpaired) electrons. The molecule has 214 valence electrons. The normalized spacial score (nSPS) is 14.3. The Kier molecular flexibility index (Phi) is 8.21. The molecule has 2 heterocycles. The van der Waals surface area contributed by atoms with Gasteiger partial charge in [-0.2, -0.15) is 0 Å². The van der Waals surface area contributed by atoms with E-state index in [4.69, 9.17) is 10.5 Å². The highest BCUT2D eigenvalue weighted by atomic mass is 19.1. The number of piperazine rings is 1. The molecule has 4 aromatic rings. The number of hydrogen-bond acceptors (Lipinski definition) is 6. The smallest absolute Gasteiger partial charge is 0.331 e. The Hall–Kier alpha value is -4.44. The van der Waals surface area contributed by atoms with Gasteiger partial charge in [-0.3, -0.25) is 13.9 Å². The first-order chi connectivity index (χ1) is 19.8. The van der Waals surface area contributed by atoms with Gasteiger partial charge < -0.3 is 20.3 Å². The summed E-state index contributed by atoms with van der Waals surface area (Å²) in [6.45, 7) is 3.45. The van der Waals surface area contributed by atoms with E-state index in [2.05, 4.69) is 4.90 Å². The highest BCUT2D eigenvalue weighted by Gasteiger charge is 2.27. The van der Waals surface area contributed by atoms with E-state index in [0.717, 1.165) is 33.7 Å². The number of aromatic nitrogens is 2. The van der Waals surface area contributed by atoms with Crippen molar-refractivity contribution in [2.75, 3.05) is 43.1 Å². The summed E-state index contributed by atoms with van der Waals surface area (Å²) in [5.41, 5.74) is 7.49. The van der Waals surface area contributed by atoms with Crippen LogP contribution in [0.3, 0.4) is 0 Å². The van der Waals surface area contributed by atoms with Gasteiger partial charge in [0.15, 0.2) is 0 Å². The summed E-state index contributed by atoms with van der Waals surface area (Å²) < 4.78 is 37.0. The largest absolute Gasteiger partial charge is 0.497 e. The van der Waals surface area contributed by atoms with Gasteiger partial charge in [-0.1, -0.05) is 42.5 Å². The second kappa shape index (κ2) is 12.0. The molecule has 8 nitrogen and oxygen atoms in total. The summed E-state index contributed by atoms with van der Waals surface area (Å²) in [6.07, 6.45) is 0. The average molecular weight is 562 g/mol. The van der Waals surface area contributed by atoms with E-state index in [1.165, 1.54) is 10.6 Å². The number of rotatable bonds is 8. The van der Waals surface area contributed by atoms with Crippen molar-refractivity contribution < 1.29 is 13.5 Å². The molecule has 0 amide bonds. The van der Waals surface area contributed by atoms with Crippen LogP contribution in [0.4, 0.5) is 20.2 Å². The third kappa shape index (κ3) is 5.74. The number of nitrogens with zero attached hydrogens (tertiary/aromatic N) is 4. The van der Waals surface area contributed by atoms with Crippen molar-refractivity contribution >= 4 is 11.4 Å². The predicted molar refractivity (Wildman–Crippen MR) is 156 cm³/mol. The van der Waals surface area contributed by atoms with Crippen molar-refractivity contribution in [3.8, 4) is 5.75 Å². The molecule has 1 saturated heterocycles. The zero-order chi connectivity index (χ0) is 29.1. The van der Waals surface area contributed by atoms with Crippen molar-refractivity contribution in [2.45, 2.75) is 26.1 Å². The maximum atomic E-state index is 14.7. The van der Waals surface area contributed by atoms with Gasteiger partial charge in [-0.15, -0.1) is 0 Å². The van der Waals surface area contributed by atoms with Crippen LogP contribution in [0.15, 0.2) is 82.4 Å². The van der Waals surface area contributed by atoms with E-state index in [-0.39, 0.29) is 18.7 Å². The van der Waals surface area contributed by atoms with Gasteiger partial charge >= 0.3 is 5.69 Å². The molecule has 41 heavy (non-hydrogen) atoms. The molecule has 3 aromatic carbocycles. The van der Waals surface area contributed by atoms with Gasteiger partial charge in [0.05, 0.1) is 20.2 Å².